The summed E-state index contributed by atoms with van der Waals surface area (Å²) in [5.74, 6) is 0.293. The highest BCUT2D eigenvalue weighted by molar-refractivity contribution is 7.92. The summed E-state index contributed by atoms with van der Waals surface area (Å²) in [5.41, 5.74) is 1.63. The van der Waals surface area contributed by atoms with Crippen LogP contribution in [-0.2, 0) is 14.8 Å². The number of rotatable bonds is 8. The molecule has 0 spiro atoms. The van der Waals surface area contributed by atoms with Crippen LogP contribution in [0.2, 0.25) is 10.0 Å². The van der Waals surface area contributed by atoms with Crippen LogP contribution in [0.25, 0.3) is 0 Å². The molecule has 4 rings (SSSR count). The van der Waals surface area contributed by atoms with Crippen LogP contribution in [0.15, 0.2) is 71.6 Å². The number of nitrogens with one attached hydrogen (secondary N) is 1. The smallest absolute Gasteiger partial charge is 0.264 e. The SMILES string of the molecule is CCC1(CC)C[C@@H](NC(=O)CN(c2ccc(Cl)c(Cl)c2)S(=O)(=O)c2ccc(C)cc2)c2ccccc2O1. The molecule has 3 aromatic carbocycles. The van der Waals surface area contributed by atoms with Gasteiger partial charge in [0.05, 0.1) is 26.7 Å². The first-order valence-electron chi connectivity index (χ1n) is 12.2. The molecular weight excluding hydrogens is 531 g/mol. The van der Waals surface area contributed by atoms with Crippen LogP contribution in [0.3, 0.4) is 0 Å². The number of halogens is 2. The molecule has 1 amide bonds. The summed E-state index contributed by atoms with van der Waals surface area (Å²) in [4.78, 5) is 13.5. The number of anilines is 1. The third-order valence-corrected chi connectivity index (χ3v) is 9.44. The van der Waals surface area contributed by atoms with E-state index in [4.69, 9.17) is 27.9 Å². The van der Waals surface area contributed by atoms with Gasteiger partial charge in [-0.3, -0.25) is 9.10 Å². The number of benzene rings is 3. The zero-order valence-electron chi connectivity index (χ0n) is 21.0. The molecule has 6 nitrogen and oxygen atoms in total. The molecule has 1 heterocycles. The second kappa shape index (κ2) is 10.9. The molecule has 1 atom stereocenters. The van der Waals surface area contributed by atoms with Crippen molar-refractivity contribution in [1.82, 2.24) is 5.32 Å². The van der Waals surface area contributed by atoms with Crippen molar-refractivity contribution >= 4 is 44.8 Å². The summed E-state index contributed by atoms with van der Waals surface area (Å²) in [6.45, 7) is 5.57. The lowest BCUT2D eigenvalue weighted by Crippen LogP contribution is -2.47. The second-order valence-corrected chi connectivity index (χ2v) is 12.0. The van der Waals surface area contributed by atoms with E-state index in [0.717, 1.165) is 34.0 Å². The van der Waals surface area contributed by atoms with E-state index in [1.54, 1.807) is 12.1 Å². The van der Waals surface area contributed by atoms with Crippen LogP contribution in [-0.4, -0.2) is 26.5 Å². The topological polar surface area (TPSA) is 75.7 Å². The summed E-state index contributed by atoms with van der Waals surface area (Å²) >= 11 is 12.3. The van der Waals surface area contributed by atoms with Crippen molar-refractivity contribution in [2.45, 2.75) is 56.6 Å². The van der Waals surface area contributed by atoms with E-state index in [0.29, 0.717) is 6.42 Å². The van der Waals surface area contributed by atoms with Crippen LogP contribution in [0.1, 0.15) is 50.3 Å². The number of carbonyl (C=O) groups excluding carboxylic acids is 1. The number of fused-ring (bicyclic) bond motifs is 1. The number of hydrogen-bond acceptors (Lipinski definition) is 4. The quantitative estimate of drug-likeness (QED) is 0.332. The number of ether oxygens (including phenoxy) is 1. The normalized spacial score (nSPS) is 16.4. The number of amides is 1. The molecule has 1 aliphatic heterocycles. The van der Waals surface area contributed by atoms with Gasteiger partial charge in [-0.15, -0.1) is 0 Å². The highest BCUT2D eigenvalue weighted by Crippen LogP contribution is 2.42. The number of hydrogen-bond donors (Lipinski definition) is 1. The first-order chi connectivity index (χ1) is 17.6. The molecule has 0 aliphatic carbocycles. The van der Waals surface area contributed by atoms with Crippen molar-refractivity contribution in [3.63, 3.8) is 0 Å². The maximum atomic E-state index is 13.7. The molecule has 0 bridgehead atoms. The molecule has 1 aliphatic rings. The Kier molecular flexibility index (Phi) is 8.07. The molecule has 0 radical (unpaired) electrons. The lowest BCUT2D eigenvalue weighted by Gasteiger charge is -2.41. The van der Waals surface area contributed by atoms with Gasteiger partial charge in [0, 0.05) is 12.0 Å². The highest BCUT2D eigenvalue weighted by atomic mass is 35.5. The van der Waals surface area contributed by atoms with E-state index >= 15 is 0 Å². The summed E-state index contributed by atoms with van der Waals surface area (Å²) < 4.78 is 34.8. The van der Waals surface area contributed by atoms with Crippen LogP contribution in [0.5, 0.6) is 5.75 Å². The molecule has 0 saturated carbocycles. The molecule has 196 valence electrons. The molecule has 0 unspecified atom stereocenters. The molecule has 9 heteroatoms. The number of sulfonamides is 1. The third-order valence-electron chi connectivity index (χ3n) is 6.91. The largest absolute Gasteiger partial charge is 0.487 e. The van der Waals surface area contributed by atoms with Gasteiger partial charge in [0.15, 0.2) is 0 Å². The number of carbonyl (C=O) groups is 1. The fraction of sp³-hybridized carbons (Fsp3) is 0.321. The Labute approximate surface area is 228 Å². The van der Waals surface area contributed by atoms with E-state index in [-0.39, 0.29) is 26.7 Å². The number of para-hydroxylation sites is 1. The van der Waals surface area contributed by atoms with Gasteiger partial charge >= 0.3 is 0 Å². The fourth-order valence-corrected chi connectivity index (χ4v) is 6.30. The van der Waals surface area contributed by atoms with Crippen molar-refractivity contribution in [2.24, 2.45) is 0 Å². The molecule has 3 aromatic rings. The van der Waals surface area contributed by atoms with E-state index < -0.39 is 28.1 Å². The van der Waals surface area contributed by atoms with E-state index in [1.165, 1.54) is 30.3 Å². The summed E-state index contributed by atoms with van der Waals surface area (Å²) in [6.07, 6.45) is 2.14. The predicted octanol–water partition coefficient (Wildman–Crippen LogP) is 6.70. The summed E-state index contributed by atoms with van der Waals surface area (Å²) in [6, 6.07) is 18.3. The minimum atomic E-state index is -4.08. The molecule has 0 saturated heterocycles. The standard InChI is InChI=1S/C28H30Cl2N2O4S/c1-4-28(5-2)17-25(22-8-6-7-9-26(22)36-28)31-27(33)18-32(20-12-15-23(29)24(30)16-20)37(34,35)21-13-10-19(3)11-14-21/h6-16,25H,4-5,17-18H2,1-3H3,(H,31,33)/t25-/m1/s1. The first kappa shape index (κ1) is 27.3. The summed E-state index contributed by atoms with van der Waals surface area (Å²) in [5, 5.41) is 3.55. The van der Waals surface area contributed by atoms with Crippen molar-refractivity contribution in [1.29, 1.82) is 0 Å². The Balaban J connectivity index is 1.67. The van der Waals surface area contributed by atoms with Crippen molar-refractivity contribution in [2.75, 3.05) is 10.8 Å². The van der Waals surface area contributed by atoms with E-state index in [2.05, 4.69) is 19.2 Å². The van der Waals surface area contributed by atoms with E-state index in [9.17, 15) is 13.2 Å². The third kappa shape index (κ3) is 5.74. The van der Waals surface area contributed by atoms with Crippen LogP contribution < -0.4 is 14.4 Å². The van der Waals surface area contributed by atoms with Crippen LogP contribution in [0.4, 0.5) is 5.69 Å². The minimum absolute atomic E-state index is 0.0735. The number of nitrogens with zero attached hydrogens (tertiary/aromatic N) is 1. The monoisotopic (exact) mass is 560 g/mol. The van der Waals surface area contributed by atoms with E-state index in [1.807, 2.05) is 31.2 Å². The Hall–Kier alpha value is -2.74. The fourth-order valence-electron chi connectivity index (χ4n) is 4.59. The highest BCUT2D eigenvalue weighted by Gasteiger charge is 2.39. The zero-order chi connectivity index (χ0) is 26.8. The van der Waals surface area contributed by atoms with Gasteiger partial charge in [-0.05, 0) is 56.2 Å². The van der Waals surface area contributed by atoms with Crippen molar-refractivity contribution in [3.05, 3.63) is 87.9 Å². The molecule has 0 aromatic heterocycles. The van der Waals surface area contributed by atoms with Gasteiger partial charge in [0.2, 0.25) is 5.91 Å². The first-order valence-corrected chi connectivity index (χ1v) is 14.4. The average Bonchev–Trinajstić information content (AvgIpc) is 2.89. The lowest BCUT2D eigenvalue weighted by atomic mass is 9.83. The number of aryl methyl sites for hydroxylation is 1. The Morgan fingerprint density at radius 3 is 2.35 bits per heavy atom. The Morgan fingerprint density at radius 1 is 1.03 bits per heavy atom. The van der Waals surface area contributed by atoms with Crippen molar-refractivity contribution < 1.29 is 17.9 Å². The molecule has 37 heavy (non-hydrogen) atoms. The van der Waals surface area contributed by atoms with Gasteiger partial charge < -0.3 is 10.1 Å². The Morgan fingerprint density at radius 2 is 1.70 bits per heavy atom. The van der Waals surface area contributed by atoms with Gasteiger partial charge in [-0.2, -0.15) is 0 Å². The molecule has 0 fully saturated rings. The van der Waals surface area contributed by atoms with Crippen LogP contribution >= 0.6 is 23.2 Å². The molecule has 1 N–H and O–H groups in total. The van der Waals surface area contributed by atoms with Gasteiger partial charge in [0.25, 0.3) is 10.0 Å². The minimum Gasteiger partial charge on any atom is -0.487 e. The maximum absolute atomic E-state index is 13.7. The van der Waals surface area contributed by atoms with Gasteiger partial charge in [0.1, 0.15) is 17.9 Å². The van der Waals surface area contributed by atoms with Gasteiger partial charge in [-0.25, -0.2) is 8.42 Å². The molecular formula is C28H30Cl2N2O4S. The Bertz CT molecular complexity index is 1390. The van der Waals surface area contributed by atoms with Crippen LogP contribution in [0, 0.1) is 6.92 Å². The van der Waals surface area contributed by atoms with Crippen molar-refractivity contribution in [3.8, 4) is 5.75 Å². The zero-order valence-corrected chi connectivity index (χ0v) is 23.3. The lowest BCUT2D eigenvalue weighted by molar-refractivity contribution is -0.121. The predicted molar refractivity (Wildman–Crippen MR) is 148 cm³/mol. The van der Waals surface area contributed by atoms with Gasteiger partial charge in [-0.1, -0.05) is 72.9 Å². The summed E-state index contributed by atoms with van der Waals surface area (Å²) in [7, 11) is -4.08. The second-order valence-electron chi connectivity index (χ2n) is 9.28. The maximum Gasteiger partial charge on any atom is 0.264 e. The average molecular weight is 562 g/mol.